The second kappa shape index (κ2) is 9.26. The molecule has 0 saturated carbocycles. The molecule has 1 unspecified atom stereocenters. The average molecular weight is 490 g/mol. The van der Waals surface area contributed by atoms with Crippen molar-refractivity contribution >= 4 is 55.0 Å². The van der Waals surface area contributed by atoms with Crippen LogP contribution in [-0.2, 0) is 17.5 Å². The van der Waals surface area contributed by atoms with Crippen molar-refractivity contribution in [1.29, 1.82) is 5.26 Å². The van der Waals surface area contributed by atoms with E-state index in [1.54, 1.807) is 25.3 Å². The summed E-state index contributed by atoms with van der Waals surface area (Å²) in [6.07, 6.45) is 3.15. The van der Waals surface area contributed by atoms with Gasteiger partial charge in [-0.25, -0.2) is 14.2 Å². The average Bonchev–Trinajstić information content (AvgIpc) is 3.08. The van der Waals surface area contributed by atoms with E-state index < -0.39 is 16.9 Å². The maximum atomic E-state index is 12.3. The lowest BCUT2D eigenvalue weighted by Crippen LogP contribution is -2.25. The van der Waals surface area contributed by atoms with Crippen LogP contribution >= 0.6 is 27.3 Å². The molecule has 0 spiro atoms. The van der Waals surface area contributed by atoms with Crippen LogP contribution in [0.15, 0.2) is 47.2 Å². The SMILES string of the molecule is Cc1sc(N(Cc2ccc(Br)nc2)c2ccc(C#N)cc2)nc1C(=O)NS(C)=O. The van der Waals surface area contributed by atoms with E-state index in [0.29, 0.717) is 17.2 Å². The second-order valence-electron chi connectivity index (χ2n) is 6.02. The first kappa shape index (κ1) is 21.1. The first-order valence-corrected chi connectivity index (χ1v) is 11.5. The molecule has 0 aliphatic heterocycles. The predicted molar refractivity (Wildman–Crippen MR) is 117 cm³/mol. The van der Waals surface area contributed by atoms with Gasteiger partial charge < -0.3 is 4.90 Å². The quantitative estimate of drug-likeness (QED) is 0.528. The van der Waals surface area contributed by atoms with Gasteiger partial charge in [0.05, 0.1) is 18.2 Å². The summed E-state index contributed by atoms with van der Waals surface area (Å²) in [6.45, 7) is 2.27. The van der Waals surface area contributed by atoms with Gasteiger partial charge in [0.25, 0.3) is 5.91 Å². The minimum atomic E-state index is -1.47. The van der Waals surface area contributed by atoms with Gasteiger partial charge in [0.15, 0.2) is 5.13 Å². The van der Waals surface area contributed by atoms with Crippen molar-refractivity contribution in [3.63, 3.8) is 0 Å². The summed E-state index contributed by atoms with van der Waals surface area (Å²) in [5.41, 5.74) is 2.57. The molecule has 3 rings (SSSR count). The number of carbonyl (C=O) groups is 1. The Morgan fingerprint density at radius 3 is 2.62 bits per heavy atom. The first-order valence-electron chi connectivity index (χ1n) is 8.37. The molecule has 0 aliphatic carbocycles. The summed E-state index contributed by atoms with van der Waals surface area (Å²) < 4.78 is 14.4. The highest BCUT2D eigenvalue weighted by molar-refractivity contribution is 9.10. The molecule has 0 saturated heterocycles. The highest BCUT2D eigenvalue weighted by Crippen LogP contribution is 2.33. The number of pyridine rings is 1. The van der Waals surface area contributed by atoms with Gasteiger partial charge in [-0.1, -0.05) is 6.07 Å². The van der Waals surface area contributed by atoms with Crippen molar-refractivity contribution in [1.82, 2.24) is 14.7 Å². The largest absolute Gasteiger partial charge is 0.313 e. The van der Waals surface area contributed by atoms with Gasteiger partial charge in [0.1, 0.15) is 21.3 Å². The lowest BCUT2D eigenvalue weighted by molar-refractivity contribution is 0.0978. The van der Waals surface area contributed by atoms with Gasteiger partial charge in [-0.3, -0.25) is 9.52 Å². The summed E-state index contributed by atoms with van der Waals surface area (Å²) in [5.74, 6) is -0.476. The number of hydrogen-bond acceptors (Lipinski definition) is 7. The van der Waals surface area contributed by atoms with E-state index in [0.717, 1.165) is 20.7 Å². The Morgan fingerprint density at radius 1 is 1.31 bits per heavy atom. The Balaban J connectivity index is 2.00. The molecule has 1 amide bonds. The van der Waals surface area contributed by atoms with Crippen molar-refractivity contribution in [2.24, 2.45) is 0 Å². The Bertz CT molecular complexity index is 1090. The van der Waals surface area contributed by atoms with Gasteiger partial charge in [0, 0.05) is 23.0 Å². The highest BCUT2D eigenvalue weighted by atomic mass is 79.9. The number of benzene rings is 1. The molecule has 10 heteroatoms. The minimum absolute atomic E-state index is 0.243. The van der Waals surface area contributed by atoms with Crippen molar-refractivity contribution in [3.05, 3.63) is 68.9 Å². The van der Waals surface area contributed by atoms with Gasteiger partial charge in [0.2, 0.25) is 0 Å². The zero-order valence-corrected chi connectivity index (χ0v) is 18.8. The number of nitrogens with zero attached hydrogens (tertiary/aromatic N) is 4. The van der Waals surface area contributed by atoms with E-state index in [1.807, 2.05) is 29.2 Å². The molecule has 1 aromatic carbocycles. The van der Waals surface area contributed by atoms with Crippen LogP contribution in [0.2, 0.25) is 0 Å². The van der Waals surface area contributed by atoms with Crippen LogP contribution < -0.4 is 9.62 Å². The van der Waals surface area contributed by atoms with Gasteiger partial charge in [-0.15, -0.1) is 11.3 Å². The van der Waals surface area contributed by atoms with E-state index in [1.165, 1.54) is 17.6 Å². The molecule has 3 aromatic rings. The van der Waals surface area contributed by atoms with Crippen molar-refractivity contribution in [3.8, 4) is 6.07 Å². The molecule has 7 nitrogen and oxygen atoms in total. The molecule has 0 fully saturated rings. The van der Waals surface area contributed by atoms with Gasteiger partial charge in [-0.05, 0) is 58.7 Å². The normalized spacial score (nSPS) is 11.5. The van der Waals surface area contributed by atoms with Crippen LogP contribution in [0.5, 0.6) is 0 Å². The lowest BCUT2D eigenvalue weighted by atomic mass is 10.2. The van der Waals surface area contributed by atoms with Crippen molar-refractivity contribution in [2.75, 3.05) is 11.2 Å². The number of hydrogen-bond donors (Lipinski definition) is 1. The second-order valence-corrected chi connectivity index (χ2v) is 9.13. The number of nitriles is 1. The Kier molecular flexibility index (Phi) is 6.74. The summed E-state index contributed by atoms with van der Waals surface area (Å²) in [5, 5.41) is 9.68. The van der Waals surface area contributed by atoms with E-state index in [-0.39, 0.29) is 5.69 Å². The number of aryl methyl sites for hydroxylation is 1. The van der Waals surface area contributed by atoms with Crippen molar-refractivity contribution < 1.29 is 9.00 Å². The van der Waals surface area contributed by atoms with E-state index in [4.69, 9.17) is 5.26 Å². The number of nitrogens with one attached hydrogen (secondary N) is 1. The monoisotopic (exact) mass is 489 g/mol. The molecule has 0 radical (unpaired) electrons. The summed E-state index contributed by atoms with van der Waals surface area (Å²) in [7, 11) is -1.47. The Hall–Kier alpha value is -2.61. The summed E-state index contributed by atoms with van der Waals surface area (Å²) in [4.78, 5) is 23.7. The van der Waals surface area contributed by atoms with Crippen molar-refractivity contribution in [2.45, 2.75) is 13.5 Å². The summed E-state index contributed by atoms with van der Waals surface area (Å²) >= 11 is 4.70. The van der Waals surface area contributed by atoms with Crippen LogP contribution in [0, 0.1) is 18.3 Å². The molecule has 1 N–H and O–H groups in total. The molecule has 2 aromatic heterocycles. The maximum absolute atomic E-state index is 12.3. The highest BCUT2D eigenvalue weighted by Gasteiger charge is 2.21. The predicted octanol–water partition coefficient (Wildman–Crippen LogP) is 3.84. The van der Waals surface area contributed by atoms with Crippen LogP contribution in [0.3, 0.4) is 0 Å². The minimum Gasteiger partial charge on any atom is -0.313 e. The number of carbonyl (C=O) groups excluding carboxylic acids is 1. The number of halogens is 1. The van der Waals surface area contributed by atoms with Crippen LogP contribution in [0.25, 0.3) is 0 Å². The smallest absolute Gasteiger partial charge is 0.282 e. The molecule has 148 valence electrons. The molecule has 29 heavy (non-hydrogen) atoms. The number of amides is 1. The fourth-order valence-corrected chi connectivity index (χ4v) is 4.07. The molecule has 1 atom stereocenters. The van der Waals surface area contributed by atoms with E-state index in [9.17, 15) is 9.00 Å². The molecular formula is C19H16BrN5O2S2. The molecule has 0 aliphatic rings. The Morgan fingerprint density at radius 2 is 2.03 bits per heavy atom. The van der Waals surface area contributed by atoms with Crippen LogP contribution in [0.1, 0.15) is 26.5 Å². The number of anilines is 2. The third kappa shape index (κ3) is 5.26. The number of rotatable bonds is 6. The van der Waals surface area contributed by atoms with Gasteiger partial charge in [-0.2, -0.15) is 5.26 Å². The van der Waals surface area contributed by atoms with Gasteiger partial charge >= 0.3 is 0 Å². The zero-order valence-electron chi connectivity index (χ0n) is 15.5. The van der Waals surface area contributed by atoms with E-state index in [2.05, 4.69) is 36.7 Å². The van der Waals surface area contributed by atoms with Crippen LogP contribution in [-0.4, -0.2) is 26.3 Å². The number of aromatic nitrogens is 2. The number of thiazole rings is 1. The third-order valence-electron chi connectivity index (χ3n) is 3.91. The van der Waals surface area contributed by atoms with E-state index >= 15 is 0 Å². The maximum Gasteiger partial charge on any atom is 0.282 e. The molecule has 0 bridgehead atoms. The lowest BCUT2D eigenvalue weighted by Gasteiger charge is -2.22. The van der Waals surface area contributed by atoms with Crippen LogP contribution in [0.4, 0.5) is 10.8 Å². The summed E-state index contributed by atoms with van der Waals surface area (Å²) in [6, 6.07) is 13.0. The fraction of sp³-hybridized carbons (Fsp3) is 0.158. The fourth-order valence-electron chi connectivity index (χ4n) is 2.56. The topological polar surface area (TPSA) is 99.0 Å². The Labute approximate surface area is 183 Å². The molecule has 2 heterocycles. The third-order valence-corrected chi connectivity index (χ3v) is 5.84. The molecular weight excluding hydrogens is 474 g/mol. The first-order chi connectivity index (χ1) is 13.9. The zero-order chi connectivity index (χ0) is 21.0. The standard InChI is InChI=1S/C19H16BrN5O2S2/c1-12-17(18(26)24-29(2)27)23-19(28-12)25(11-14-5-8-16(20)22-10-14)15-6-3-13(9-21)4-7-15/h3-8,10H,11H2,1-2H3,(H,24,26).